The lowest BCUT2D eigenvalue weighted by Gasteiger charge is -2.28. The van der Waals surface area contributed by atoms with Crippen molar-refractivity contribution in [1.29, 1.82) is 0 Å². The van der Waals surface area contributed by atoms with Crippen LogP contribution in [0.1, 0.15) is 21.5 Å². The molecule has 178 valence electrons. The highest BCUT2D eigenvalue weighted by atomic mass is 16.6. The number of hydrogen-bond acceptors (Lipinski definition) is 7. The van der Waals surface area contributed by atoms with Crippen molar-refractivity contribution in [2.24, 2.45) is 0 Å². The maximum Gasteiger partial charge on any atom is 0.293 e. The first kappa shape index (κ1) is 22.5. The van der Waals surface area contributed by atoms with Crippen molar-refractivity contribution in [3.05, 3.63) is 81.4 Å². The van der Waals surface area contributed by atoms with Crippen molar-refractivity contribution < 1.29 is 18.9 Å². The summed E-state index contributed by atoms with van der Waals surface area (Å²) in [6.45, 7) is 6.22. The molecule has 35 heavy (non-hydrogen) atoms. The second-order valence-electron chi connectivity index (χ2n) is 8.51. The van der Waals surface area contributed by atoms with E-state index in [4.69, 9.17) is 9.15 Å². The van der Waals surface area contributed by atoms with Crippen LogP contribution in [0.4, 0.5) is 17.1 Å². The molecule has 4 aromatic rings. The monoisotopic (exact) mass is 472 g/mol. The molecule has 0 radical (unpaired) electrons. The van der Waals surface area contributed by atoms with Gasteiger partial charge in [-0.3, -0.25) is 14.9 Å². The van der Waals surface area contributed by atoms with E-state index in [9.17, 15) is 14.9 Å². The Morgan fingerprint density at radius 2 is 1.74 bits per heavy atom. The second kappa shape index (κ2) is 9.19. The van der Waals surface area contributed by atoms with Crippen molar-refractivity contribution in [2.75, 3.05) is 36.5 Å². The summed E-state index contributed by atoms with van der Waals surface area (Å²) >= 11 is 0. The van der Waals surface area contributed by atoms with Gasteiger partial charge in [0.2, 0.25) is 5.89 Å². The standard InChI is InChI=1S/C26H24N4O5/c1-16-13-21-24(14-17(16)2)35-26(28-21)18-3-6-20(7-4-18)27-25(31)19-5-8-22(23(15-19)30(32)33)29-9-11-34-12-10-29/h3-8,13-15H,9-12H2,1-2H3,(H,27,31). The molecule has 0 spiro atoms. The van der Waals surface area contributed by atoms with Crippen LogP contribution in [0.25, 0.3) is 22.6 Å². The van der Waals surface area contributed by atoms with Gasteiger partial charge in [0.15, 0.2) is 5.58 Å². The number of nitro benzene ring substituents is 1. The third kappa shape index (κ3) is 4.58. The number of morpholine rings is 1. The number of amides is 1. The first-order chi connectivity index (χ1) is 16.9. The molecule has 3 aromatic carbocycles. The van der Waals surface area contributed by atoms with Gasteiger partial charge < -0.3 is 19.4 Å². The molecule has 2 heterocycles. The molecule has 1 amide bonds. The molecule has 5 rings (SSSR count). The van der Waals surface area contributed by atoms with Gasteiger partial charge in [0.05, 0.1) is 18.1 Å². The number of carbonyl (C=O) groups is 1. The van der Waals surface area contributed by atoms with Crippen LogP contribution in [0.3, 0.4) is 0 Å². The van der Waals surface area contributed by atoms with Crippen LogP contribution in [0, 0.1) is 24.0 Å². The molecule has 9 nitrogen and oxygen atoms in total. The minimum atomic E-state index is -0.459. The van der Waals surface area contributed by atoms with Gasteiger partial charge in [-0.25, -0.2) is 4.98 Å². The van der Waals surface area contributed by atoms with Gasteiger partial charge in [-0.15, -0.1) is 0 Å². The topological polar surface area (TPSA) is 111 Å². The van der Waals surface area contributed by atoms with Gasteiger partial charge in [0.1, 0.15) is 11.2 Å². The van der Waals surface area contributed by atoms with Gasteiger partial charge in [0, 0.05) is 36.0 Å². The summed E-state index contributed by atoms with van der Waals surface area (Å²) in [7, 11) is 0. The summed E-state index contributed by atoms with van der Waals surface area (Å²) in [4.78, 5) is 30.5. The lowest BCUT2D eigenvalue weighted by atomic mass is 10.1. The number of rotatable bonds is 5. The first-order valence-corrected chi connectivity index (χ1v) is 11.3. The fourth-order valence-electron chi connectivity index (χ4n) is 4.09. The van der Waals surface area contributed by atoms with Crippen LogP contribution in [-0.4, -0.2) is 42.1 Å². The Balaban J connectivity index is 1.33. The highest BCUT2D eigenvalue weighted by molar-refractivity contribution is 6.05. The smallest absolute Gasteiger partial charge is 0.293 e. The van der Waals surface area contributed by atoms with Crippen molar-refractivity contribution in [3.63, 3.8) is 0 Å². The maximum absolute atomic E-state index is 12.8. The summed E-state index contributed by atoms with van der Waals surface area (Å²) < 4.78 is 11.2. The van der Waals surface area contributed by atoms with E-state index in [1.165, 1.54) is 6.07 Å². The fourth-order valence-corrected chi connectivity index (χ4v) is 4.09. The molecule has 9 heteroatoms. The Kier molecular flexibility index (Phi) is 5.92. The molecule has 1 fully saturated rings. The van der Waals surface area contributed by atoms with Crippen LogP contribution in [0.2, 0.25) is 0 Å². The number of aromatic nitrogens is 1. The number of hydrogen-bond donors (Lipinski definition) is 1. The second-order valence-corrected chi connectivity index (χ2v) is 8.51. The molecule has 0 unspecified atom stereocenters. The number of ether oxygens (including phenoxy) is 1. The Labute approximate surface area is 201 Å². The predicted octanol–water partition coefficient (Wildman–Crippen LogP) is 5.11. The molecule has 0 atom stereocenters. The molecular formula is C26H24N4O5. The molecule has 1 saturated heterocycles. The van der Waals surface area contributed by atoms with E-state index in [1.54, 1.807) is 24.3 Å². The summed E-state index contributed by atoms with van der Waals surface area (Å²) in [5.41, 5.74) is 5.73. The minimum Gasteiger partial charge on any atom is -0.436 e. The van der Waals surface area contributed by atoms with E-state index in [0.717, 1.165) is 27.8 Å². The highest BCUT2D eigenvalue weighted by Crippen LogP contribution is 2.31. The molecule has 0 saturated carbocycles. The zero-order valence-corrected chi connectivity index (χ0v) is 19.4. The number of anilines is 2. The number of nitrogens with zero attached hydrogens (tertiary/aromatic N) is 3. The Hall–Kier alpha value is -4.24. The third-order valence-corrected chi connectivity index (χ3v) is 6.18. The van der Waals surface area contributed by atoms with E-state index in [1.807, 2.05) is 43.0 Å². The summed E-state index contributed by atoms with van der Waals surface area (Å²) in [5, 5.41) is 14.5. The summed E-state index contributed by atoms with van der Waals surface area (Å²) in [6.07, 6.45) is 0. The van der Waals surface area contributed by atoms with E-state index >= 15 is 0 Å². The van der Waals surface area contributed by atoms with Gasteiger partial charge in [-0.2, -0.15) is 0 Å². The predicted molar refractivity (Wildman–Crippen MR) is 133 cm³/mol. The lowest BCUT2D eigenvalue weighted by molar-refractivity contribution is -0.384. The Morgan fingerprint density at radius 1 is 1.03 bits per heavy atom. The number of nitrogens with one attached hydrogen (secondary N) is 1. The lowest BCUT2D eigenvalue weighted by Crippen LogP contribution is -2.36. The summed E-state index contributed by atoms with van der Waals surface area (Å²) in [6, 6.07) is 15.6. The van der Waals surface area contributed by atoms with Gasteiger partial charge in [-0.1, -0.05) is 0 Å². The van der Waals surface area contributed by atoms with E-state index in [0.29, 0.717) is 43.6 Å². The van der Waals surface area contributed by atoms with Crippen LogP contribution in [0.5, 0.6) is 0 Å². The van der Waals surface area contributed by atoms with Crippen LogP contribution in [0.15, 0.2) is 59.0 Å². The minimum absolute atomic E-state index is 0.101. The Morgan fingerprint density at radius 3 is 2.46 bits per heavy atom. The molecule has 1 aliphatic heterocycles. The largest absolute Gasteiger partial charge is 0.436 e. The van der Waals surface area contributed by atoms with Crippen LogP contribution in [-0.2, 0) is 4.74 Å². The molecule has 0 bridgehead atoms. The molecule has 0 aliphatic carbocycles. The number of benzene rings is 3. The van der Waals surface area contributed by atoms with Gasteiger partial charge >= 0.3 is 0 Å². The number of fused-ring (bicyclic) bond motifs is 1. The fraction of sp³-hybridized carbons (Fsp3) is 0.231. The van der Waals surface area contributed by atoms with Gasteiger partial charge in [0.25, 0.3) is 11.6 Å². The average Bonchev–Trinajstić information content (AvgIpc) is 3.27. The Bertz CT molecular complexity index is 1380. The first-order valence-electron chi connectivity index (χ1n) is 11.3. The number of oxazole rings is 1. The highest BCUT2D eigenvalue weighted by Gasteiger charge is 2.23. The number of carbonyl (C=O) groups excluding carboxylic acids is 1. The number of aryl methyl sites for hydroxylation is 2. The molecular weight excluding hydrogens is 448 g/mol. The zero-order valence-electron chi connectivity index (χ0n) is 19.4. The quantitative estimate of drug-likeness (QED) is 0.317. The molecule has 1 aliphatic rings. The van der Waals surface area contributed by atoms with E-state index in [-0.39, 0.29) is 11.3 Å². The van der Waals surface area contributed by atoms with Crippen molar-refractivity contribution in [2.45, 2.75) is 13.8 Å². The summed E-state index contributed by atoms with van der Waals surface area (Å²) in [5.74, 6) is 0.0689. The van der Waals surface area contributed by atoms with Crippen molar-refractivity contribution in [1.82, 2.24) is 4.98 Å². The van der Waals surface area contributed by atoms with E-state index in [2.05, 4.69) is 10.3 Å². The van der Waals surface area contributed by atoms with Crippen molar-refractivity contribution in [3.8, 4) is 11.5 Å². The molecule has 1 N–H and O–H groups in total. The van der Waals surface area contributed by atoms with Crippen molar-refractivity contribution >= 4 is 34.1 Å². The molecule has 1 aromatic heterocycles. The zero-order chi connectivity index (χ0) is 24.5. The van der Waals surface area contributed by atoms with Crippen LogP contribution >= 0.6 is 0 Å². The third-order valence-electron chi connectivity index (χ3n) is 6.18. The number of nitro groups is 1. The van der Waals surface area contributed by atoms with Gasteiger partial charge in [-0.05, 0) is 73.5 Å². The van der Waals surface area contributed by atoms with E-state index < -0.39 is 10.8 Å². The van der Waals surface area contributed by atoms with Crippen LogP contribution < -0.4 is 10.2 Å². The normalized spacial score (nSPS) is 13.7. The average molecular weight is 473 g/mol. The maximum atomic E-state index is 12.8. The SMILES string of the molecule is Cc1cc2nc(-c3ccc(NC(=O)c4ccc(N5CCOCC5)c([N+](=O)[O-])c4)cc3)oc2cc1C.